The molecule has 1 aliphatic rings. The smallest absolute Gasteiger partial charge is 0.254 e. The van der Waals surface area contributed by atoms with Crippen LogP contribution in [0.25, 0.3) is 22.2 Å². The standard InChI is InChI=1S/C28H24N6O/c35-28(24-12-6-10-20-7-4-5-11-23(20)24)34-14-13-33(17-22-15-29-19-31-22)26-16-30-27(32-25(26)18-34)21-8-2-1-3-9-21/h1-12,15-16,19H,13-14,17-18H2,(H,29,31). The van der Waals surface area contributed by atoms with Gasteiger partial charge in [0.25, 0.3) is 5.91 Å². The van der Waals surface area contributed by atoms with Crippen LogP contribution in [0.4, 0.5) is 5.69 Å². The lowest BCUT2D eigenvalue weighted by atomic mass is 10.0. The number of carbonyl (C=O) groups excluding carboxylic acids is 1. The molecule has 0 saturated heterocycles. The van der Waals surface area contributed by atoms with Crippen molar-refractivity contribution in [2.45, 2.75) is 13.1 Å². The van der Waals surface area contributed by atoms with E-state index in [1.165, 1.54) is 0 Å². The SMILES string of the molecule is O=C(c1cccc2ccccc12)N1CCN(Cc2cnc[nH]2)c2cnc(-c3ccccc3)nc2C1. The van der Waals surface area contributed by atoms with Gasteiger partial charge in [0, 0.05) is 30.4 Å². The number of nitrogens with zero attached hydrogens (tertiary/aromatic N) is 5. The highest BCUT2D eigenvalue weighted by Gasteiger charge is 2.27. The molecule has 35 heavy (non-hydrogen) atoms. The van der Waals surface area contributed by atoms with Gasteiger partial charge in [-0.3, -0.25) is 4.79 Å². The lowest BCUT2D eigenvalue weighted by molar-refractivity contribution is 0.0751. The van der Waals surface area contributed by atoms with Gasteiger partial charge in [-0.15, -0.1) is 0 Å². The first kappa shape index (κ1) is 21.0. The van der Waals surface area contributed by atoms with Crippen molar-refractivity contribution in [3.8, 4) is 11.4 Å². The molecule has 0 atom stereocenters. The number of aromatic amines is 1. The minimum atomic E-state index is 0.0102. The van der Waals surface area contributed by atoms with Gasteiger partial charge in [-0.2, -0.15) is 0 Å². The van der Waals surface area contributed by atoms with Crippen molar-refractivity contribution in [2.75, 3.05) is 18.0 Å². The second kappa shape index (κ2) is 9.02. The number of benzene rings is 3. The first-order chi connectivity index (χ1) is 17.3. The number of nitrogens with one attached hydrogen (secondary N) is 1. The fraction of sp³-hybridized carbons (Fsp3) is 0.143. The fourth-order valence-corrected chi connectivity index (χ4v) is 4.64. The molecule has 0 saturated carbocycles. The van der Waals surface area contributed by atoms with Gasteiger partial charge in [-0.1, -0.05) is 66.7 Å². The van der Waals surface area contributed by atoms with Crippen molar-refractivity contribution in [3.05, 3.63) is 108 Å². The molecule has 3 heterocycles. The van der Waals surface area contributed by atoms with E-state index >= 15 is 0 Å². The van der Waals surface area contributed by atoms with E-state index in [1.807, 2.05) is 90.1 Å². The molecule has 6 rings (SSSR count). The summed E-state index contributed by atoms with van der Waals surface area (Å²) in [6, 6.07) is 23.8. The van der Waals surface area contributed by atoms with Crippen molar-refractivity contribution in [2.24, 2.45) is 0 Å². The highest BCUT2D eigenvalue weighted by Crippen LogP contribution is 2.28. The summed E-state index contributed by atoms with van der Waals surface area (Å²) in [5.41, 5.74) is 4.43. The molecule has 0 spiro atoms. The average Bonchev–Trinajstić information content (AvgIpc) is 3.36. The average molecular weight is 461 g/mol. The van der Waals surface area contributed by atoms with Gasteiger partial charge in [0.1, 0.15) is 0 Å². The summed E-state index contributed by atoms with van der Waals surface area (Å²) in [6.07, 6.45) is 5.38. The monoisotopic (exact) mass is 460 g/mol. The zero-order chi connectivity index (χ0) is 23.6. The Balaban J connectivity index is 1.39. The lowest BCUT2D eigenvalue weighted by Gasteiger charge is -2.24. The minimum Gasteiger partial charge on any atom is -0.361 e. The maximum atomic E-state index is 13.8. The molecule has 0 unspecified atom stereocenters. The van der Waals surface area contributed by atoms with Gasteiger partial charge in [0.05, 0.1) is 42.7 Å². The van der Waals surface area contributed by atoms with E-state index in [0.29, 0.717) is 37.6 Å². The molecule has 1 N–H and O–H groups in total. The fourth-order valence-electron chi connectivity index (χ4n) is 4.64. The third-order valence-electron chi connectivity index (χ3n) is 6.42. The number of amides is 1. The molecule has 0 aliphatic carbocycles. The molecule has 7 nitrogen and oxygen atoms in total. The molecule has 2 aromatic heterocycles. The Labute approximate surface area is 203 Å². The number of hydrogen-bond donors (Lipinski definition) is 1. The predicted molar refractivity (Wildman–Crippen MR) is 136 cm³/mol. The summed E-state index contributed by atoms with van der Waals surface area (Å²) in [7, 11) is 0. The van der Waals surface area contributed by atoms with Crippen LogP contribution >= 0.6 is 0 Å². The second-order valence-corrected chi connectivity index (χ2v) is 8.64. The molecule has 1 amide bonds. The van der Waals surface area contributed by atoms with Crippen LogP contribution in [0.15, 0.2) is 91.5 Å². The summed E-state index contributed by atoms with van der Waals surface area (Å²) < 4.78 is 0. The Kier molecular flexibility index (Phi) is 5.42. The number of anilines is 1. The van der Waals surface area contributed by atoms with E-state index in [4.69, 9.17) is 4.98 Å². The Morgan fingerprint density at radius 1 is 0.914 bits per heavy atom. The number of rotatable bonds is 4. The normalized spacial score (nSPS) is 13.5. The van der Waals surface area contributed by atoms with Crippen molar-refractivity contribution in [3.63, 3.8) is 0 Å². The van der Waals surface area contributed by atoms with Crippen LogP contribution in [-0.2, 0) is 13.1 Å². The van der Waals surface area contributed by atoms with Crippen LogP contribution in [0.1, 0.15) is 21.7 Å². The van der Waals surface area contributed by atoms with E-state index in [-0.39, 0.29) is 5.91 Å². The van der Waals surface area contributed by atoms with Crippen LogP contribution < -0.4 is 4.90 Å². The number of fused-ring (bicyclic) bond motifs is 2. The first-order valence-corrected chi connectivity index (χ1v) is 11.7. The molecule has 3 aromatic carbocycles. The van der Waals surface area contributed by atoms with Gasteiger partial charge in [-0.25, -0.2) is 15.0 Å². The predicted octanol–water partition coefficient (Wildman–Crippen LogP) is 4.68. The van der Waals surface area contributed by atoms with Gasteiger partial charge < -0.3 is 14.8 Å². The Morgan fingerprint density at radius 2 is 1.74 bits per heavy atom. The van der Waals surface area contributed by atoms with Gasteiger partial charge >= 0.3 is 0 Å². The topological polar surface area (TPSA) is 78.0 Å². The molecule has 0 fully saturated rings. The maximum absolute atomic E-state index is 13.8. The molecular formula is C28H24N6O. The largest absolute Gasteiger partial charge is 0.361 e. The number of imidazole rings is 1. The van der Waals surface area contributed by atoms with Crippen molar-refractivity contribution < 1.29 is 4.79 Å². The quantitative estimate of drug-likeness (QED) is 0.421. The van der Waals surface area contributed by atoms with Gasteiger partial charge in [0.15, 0.2) is 5.82 Å². The lowest BCUT2D eigenvalue weighted by Crippen LogP contribution is -2.35. The summed E-state index contributed by atoms with van der Waals surface area (Å²) in [5, 5.41) is 2.02. The van der Waals surface area contributed by atoms with Crippen LogP contribution in [-0.4, -0.2) is 43.8 Å². The van der Waals surface area contributed by atoms with Crippen LogP contribution in [0, 0.1) is 0 Å². The molecule has 7 heteroatoms. The van der Waals surface area contributed by atoms with Crippen molar-refractivity contribution in [1.29, 1.82) is 0 Å². The summed E-state index contributed by atoms with van der Waals surface area (Å²) in [4.78, 5) is 34.9. The minimum absolute atomic E-state index is 0.0102. The summed E-state index contributed by atoms with van der Waals surface area (Å²) >= 11 is 0. The zero-order valence-corrected chi connectivity index (χ0v) is 19.1. The van der Waals surface area contributed by atoms with Crippen LogP contribution in [0.5, 0.6) is 0 Å². The molecule has 0 radical (unpaired) electrons. The van der Waals surface area contributed by atoms with Gasteiger partial charge in [-0.05, 0) is 16.8 Å². The third-order valence-corrected chi connectivity index (χ3v) is 6.42. The Bertz CT molecular complexity index is 1480. The van der Waals surface area contributed by atoms with E-state index in [1.54, 1.807) is 6.33 Å². The third kappa shape index (κ3) is 4.12. The van der Waals surface area contributed by atoms with Crippen molar-refractivity contribution >= 4 is 22.4 Å². The van der Waals surface area contributed by atoms with Crippen molar-refractivity contribution in [1.82, 2.24) is 24.8 Å². The Hall–Kier alpha value is -4.52. The van der Waals surface area contributed by atoms with E-state index in [2.05, 4.69) is 19.9 Å². The van der Waals surface area contributed by atoms with Crippen LogP contribution in [0.2, 0.25) is 0 Å². The van der Waals surface area contributed by atoms with E-state index in [0.717, 1.165) is 33.4 Å². The summed E-state index contributed by atoms with van der Waals surface area (Å²) in [6.45, 7) is 2.29. The highest BCUT2D eigenvalue weighted by atomic mass is 16.2. The van der Waals surface area contributed by atoms with E-state index < -0.39 is 0 Å². The van der Waals surface area contributed by atoms with Crippen LogP contribution in [0.3, 0.4) is 0 Å². The number of H-pyrrole nitrogens is 1. The Morgan fingerprint density at radius 3 is 2.60 bits per heavy atom. The zero-order valence-electron chi connectivity index (χ0n) is 19.1. The number of hydrogen-bond acceptors (Lipinski definition) is 5. The van der Waals surface area contributed by atoms with Gasteiger partial charge in [0.2, 0.25) is 0 Å². The second-order valence-electron chi connectivity index (χ2n) is 8.64. The molecule has 1 aliphatic heterocycles. The molecule has 5 aromatic rings. The maximum Gasteiger partial charge on any atom is 0.254 e. The highest BCUT2D eigenvalue weighted by molar-refractivity contribution is 6.07. The number of aromatic nitrogens is 4. The summed E-state index contributed by atoms with van der Waals surface area (Å²) in [5.74, 6) is 0.668. The first-order valence-electron chi connectivity index (χ1n) is 11.7. The molecule has 0 bridgehead atoms. The number of carbonyl (C=O) groups is 1. The molecule has 172 valence electrons. The molecular weight excluding hydrogens is 436 g/mol. The van der Waals surface area contributed by atoms with E-state index in [9.17, 15) is 4.79 Å².